The third-order valence-corrected chi connectivity index (χ3v) is 14.3. The Kier molecular flexibility index (Phi) is 13.2. The molecule has 0 aliphatic carbocycles. The molecule has 0 radical (unpaired) electrons. The number of piperazine rings is 2. The molecule has 2 aromatic heterocycles. The number of aromatic nitrogens is 2. The van der Waals surface area contributed by atoms with Gasteiger partial charge in [0.15, 0.2) is 0 Å². The van der Waals surface area contributed by atoms with E-state index in [-0.39, 0.29) is 23.6 Å². The summed E-state index contributed by atoms with van der Waals surface area (Å²) in [5.41, 5.74) is 7.17. The SMILES string of the molecule is CCn1ccc2cccc(-c3c(C=CC(=O)N4CCN(C(C)=O)CC4)ccc(Sc4ccc(C=CC(=O)N5CCN(C(C)=O)CC5)c(-c5cccc6ccn(CC)c56)c4Cl)c3Cl)c21. The Labute approximate surface area is 382 Å². The van der Waals surface area contributed by atoms with Gasteiger partial charge in [-0.05, 0) is 61.4 Å². The smallest absolute Gasteiger partial charge is 0.246 e. The lowest BCUT2D eigenvalue weighted by atomic mass is 9.97. The summed E-state index contributed by atoms with van der Waals surface area (Å²) in [5.74, 6) is -0.215. The van der Waals surface area contributed by atoms with Crippen LogP contribution in [0.4, 0.5) is 0 Å². The summed E-state index contributed by atoms with van der Waals surface area (Å²) in [6.45, 7) is 12.8. The van der Waals surface area contributed by atoms with Crippen LogP contribution < -0.4 is 0 Å². The van der Waals surface area contributed by atoms with E-state index in [1.165, 1.54) is 11.8 Å². The first kappa shape index (κ1) is 43.9. The number of aryl methyl sites for hydroxylation is 2. The van der Waals surface area contributed by atoms with Crippen molar-refractivity contribution in [2.45, 2.75) is 50.6 Å². The number of benzene rings is 4. The maximum atomic E-state index is 13.5. The second-order valence-corrected chi connectivity index (χ2v) is 17.6. The van der Waals surface area contributed by atoms with Crippen LogP contribution in [0.3, 0.4) is 0 Å². The molecule has 10 nitrogen and oxygen atoms in total. The fraction of sp³-hybridized carbons (Fsp3) is 0.280. The predicted octanol–water partition coefficient (Wildman–Crippen LogP) is 9.84. The van der Waals surface area contributed by atoms with Gasteiger partial charge in [-0.2, -0.15) is 0 Å². The van der Waals surface area contributed by atoms with Crippen molar-refractivity contribution in [1.29, 1.82) is 0 Å². The quantitative estimate of drug-likeness (QED) is 0.128. The predicted molar refractivity (Wildman–Crippen MR) is 256 cm³/mol. The molecule has 0 atom stereocenters. The summed E-state index contributed by atoms with van der Waals surface area (Å²) in [5, 5.41) is 3.22. The molecule has 324 valence electrons. The van der Waals surface area contributed by atoms with E-state index in [0.29, 0.717) is 62.4 Å². The lowest BCUT2D eigenvalue weighted by Crippen LogP contribution is -2.49. The molecule has 13 heteroatoms. The molecule has 4 amide bonds. The lowest BCUT2D eigenvalue weighted by molar-refractivity contribution is -0.135. The molecule has 2 aliphatic heterocycles. The largest absolute Gasteiger partial charge is 0.347 e. The van der Waals surface area contributed by atoms with Crippen molar-refractivity contribution < 1.29 is 19.2 Å². The van der Waals surface area contributed by atoms with E-state index in [1.54, 1.807) is 45.6 Å². The Morgan fingerprint density at radius 3 is 1.29 bits per heavy atom. The average Bonchev–Trinajstić information content (AvgIpc) is 3.93. The number of fused-ring (bicyclic) bond motifs is 2. The van der Waals surface area contributed by atoms with Crippen LogP contribution in [-0.4, -0.2) is 105 Å². The summed E-state index contributed by atoms with van der Waals surface area (Å²) in [7, 11) is 0. The van der Waals surface area contributed by atoms with Crippen LogP contribution in [0.2, 0.25) is 10.0 Å². The third kappa shape index (κ3) is 8.92. The highest BCUT2D eigenvalue weighted by Gasteiger charge is 2.25. The van der Waals surface area contributed by atoms with Crippen LogP contribution in [0.1, 0.15) is 38.8 Å². The minimum absolute atomic E-state index is 0.0138. The number of halogens is 2. The van der Waals surface area contributed by atoms with Gasteiger partial charge in [-0.25, -0.2) is 0 Å². The zero-order valence-corrected chi connectivity index (χ0v) is 38.3. The Balaban J connectivity index is 1.20. The Morgan fingerprint density at radius 1 is 0.540 bits per heavy atom. The molecule has 2 fully saturated rings. The van der Waals surface area contributed by atoms with E-state index in [4.69, 9.17) is 23.2 Å². The normalized spacial score (nSPS) is 14.8. The van der Waals surface area contributed by atoms with Crippen molar-refractivity contribution in [3.05, 3.63) is 119 Å². The van der Waals surface area contributed by atoms with Gasteiger partial charge in [0.2, 0.25) is 23.6 Å². The van der Waals surface area contributed by atoms with Crippen LogP contribution in [0.25, 0.3) is 56.2 Å². The second-order valence-electron chi connectivity index (χ2n) is 15.8. The standard InChI is InChI=1S/C50H50Cl2N6O4S/c1-5-53-23-21-37-9-7-11-39(49(37)53)45-35(15-19-43(61)57-29-25-55(26-30-57)33(3)59)13-17-41(47(45)51)63-42-18-14-36(16-20-44(62)58-31-27-56(28-32-58)34(4)60)46(48(42)52)40-12-8-10-38-22-24-54(6-2)50(38)40/h7-24H,5-6,25-32H2,1-4H3. The first-order chi connectivity index (χ1) is 30.5. The van der Waals surface area contributed by atoms with E-state index in [0.717, 1.165) is 78.1 Å². The van der Waals surface area contributed by atoms with E-state index in [2.05, 4.69) is 71.8 Å². The number of carbonyl (C=O) groups excluding carboxylic acids is 4. The van der Waals surface area contributed by atoms with Crippen LogP contribution in [0.5, 0.6) is 0 Å². The number of amides is 4. The molecular formula is C50H50Cl2N6O4S. The van der Waals surface area contributed by atoms with Crippen molar-refractivity contribution in [3.63, 3.8) is 0 Å². The first-order valence-electron chi connectivity index (χ1n) is 21.4. The van der Waals surface area contributed by atoms with E-state index >= 15 is 0 Å². The molecule has 63 heavy (non-hydrogen) atoms. The third-order valence-electron chi connectivity index (χ3n) is 12.2. The molecular weight excluding hydrogens is 852 g/mol. The molecule has 0 bridgehead atoms. The van der Waals surface area contributed by atoms with Crippen LogP contribution in [-0.2, 0) is 32.3 Å². The van der Waals surface area contributed by atoms with E-state index in [1.807, 2.05) is 48.6 Å². The minimum atomic E-state index is -0.121. The van der Waals surface area contributed by atoms with Gasteiger partial charge < -0.3 is 28.7 Å². The fourth-order valence-electron chi connectivity index (χ4n) is 8.71. The summed E-state index contributed by atoms with van der Waals surface area (Å²) >= 11 is 16.6. The van der Waals surface area contributed by atoms with E-state index < -0.39 is 0 Å². The molecule has 4 aromatic carbocycles. The highest BCUT2D eigenvalue weighted by Crippen LogP contribution is 2.48. The van der Waals surface area contributed by atoms with Crippen molar-refractivity contribution in [3.8, 4) is 22.3 Å². The zero-order valence-electron chi connectivity index (χ0n) is 35.9. The number of rotatable bonds is 10. The molecule has 4 heterocycles. The van der Waals surface area contributed by atoms with Gasteiger partial charge >= 0.3 is 0 Å². The molecule has 8 rings (SSSR count). The van der Waals surface area contributed by atoms with Gasteiger partial charge in [0.05, 0.1) is 21.1 Å². The van der Waals surface area contributed by atoms with Crippen molar-refractivity contribution in [1.82, 2.24) is 28.7 Å². The van der Waals surface area contributed by atoms with Gasteiger partial charge in [-0.3, -0.25) is 19.2 Å². The fourth-order valence-corrected chi connectivity index (χ4v) is 10.4. The summed E-state index contributed by atoms with van der Waals surface area (Å²) in [4.78, 5) is 59.5. The molecule has 0 spiro atoms. The van der Waals surface area contributed by atoms with Gasteiger partial charge in [0, 0.05) is 147 Å². The minimum Gasteiger partial charge on any atom is -0.347 e. The number of carbonyl (C=O) groups is 4. The van der Waals surface area contributed by atoms with Gasteiger partial charge in [-0.15, -0.1) is 0 Å². The maximum absolute atomic E-state index is 13.5. The van der Waals surface area contributed by atoms with Crippen molar-refractivity contribution >= 4 is 92.6 Å². The lowest BCUT2D eigenvalue weighted by Gasteiger charge is -2.33. The van der Waals surface area contributed by atoms with Crippen molar-refractivity contribution in [2.75, 3.05) is 52.4 Å². The Bertz CT molecular complexity index is 2620. The molecule has 0 N–H and O–H groups in total. The van der Waals surface area contributed by atoms with E-state index in [9.17, 15) is 19.2 Å². The summed E-state index contributed by atoms with van der Waals surface area (Å²) in [6, 6.07) is 24.5. The topological polar surface area (TPSA) is 91.1 Å². The summed E-state index contributed by atoms with van der Waals surface area (Å²) in [6.07, 6.45) is 11.0. The van der Waals surface area contributed by atoms with Gasteiger partial charge in [0.1, 0.15) is 0 Å². The number of nitrogens with zero attached hydrogens (tertiary/aromatic N) is 6. The van der Waals surface area contributed by atoms with Gasteiger partial charge in [-0.1, -0.05) is 83.5 Å². The molecule has 0 saturated carbocycles. The summed E-state index contributed by atoms with van der Waals surface area (Å²) < 4.78 is 4.40. The average molecular weight is 902 g/mol. The Hall–Kier alpha value is -5.75. The second kappa shape index (κ2) is 18.9. The Morgan fingerprint density at radius 2 is 0.921 bits per heavy atom. The first-order valence-corrected chi connectivity index (χ1v) is 23.0. The molecule has 0 unspecified atom stereocenters. The number of hydrogen-bond donors (Lipinski definition) is 0. The van der Waals surface area contributed by atoms with Crippen LogP contribution in [0, 0.1) is 0 Å². The highest BCUT2D eigenvalue weighted by molar-refractivity contribution is 7.99. The highest BCUT2D eigenvalue weighted by atomic mass is 35.5. The maximum Gasteiger partial charge on any atom is 0.246 e. The number of para-hydroxylation sites is 2. The molecule has 2 aliphatic rings. The zero-order chi connectivity index (χ0) is 44.4. The number of hydrogen-bond acceptors (Lipinski definition) is 5. The molecule has 2 saturated heterocycles. The molecule has 6 aromatic rings. The van der Waals surface area contributed by atoms with Crippen molar-refractivity contribution in [2.24, 2.45) is 0 Å². The van der Waals surface area contributed by atoms with Crippen LogP contribution >= 0.6 is 35.0 Å². The monoisotopic (exact) mass is 900 g/mol. The van der Waals surface area contributed by atoms with Crippen LogP contribution in [0.15, 0.2) is 107 Å². The van der Waals surface area contributed by atoms with Gasteiger partial charge in [0.25, 0.3) is 0 Å².